The van der Waals surface area contributed by atoms with Crippen molar-refractivity contribution in [1.29, 1.82) is 0 Å². The van der Waals surface area contributed by atoms with Crippen LogP contribution in [0.15, 0.2) is 54.6 Å². The lowest BCUT2D eigenvalue weighted by Crippen LogP contribution is -2.15. The molecule has 0 saturated carbocycles. The Morgan fingerprint density at radius 1 is 1.12 bits per heavy atom. The van der Waals surface area contributed by atoms with Crippen molar-refractivity contribution in [2.45, 2.75) is 13.5 Å². The van der Waals surface area contributed by atoms with Crippen LogP contribution in [0.4, 0.5) is 15.9 Å². The number of aryl methyl sites for hydroxylation is 1. The summed E-state index contributed by atoms with van der Waals surface area (Å²) in [6.45, 7) is 2.12. The van der Waals surface area contributed by atoms with E-state index >= 15 is 0 Å². The second-order valence-electron chi connectivity index (χ2n) is 5.66. The zero-order chi connectivity index (χ0) is 18.5. The van der Waals surface area contributed by atoms with Gasteiger partial charge in [-0.1, -0.05) is 29.8 Å². The minimum absolute atomic E-state index is 0.177. The Bertz CT molecular complexity index is 931. The Hall–Kier alpha value is -2.99. The van der Waals surface area contributed by atoms with Crippen molar-refractivity contribution in [3.63, 3.8) is 0 Å². The van der Waals surface area contributed by atoms with Gasteiger partial charge in [-0.3, -0.25) is 4.79 Å². The van der Waals surface area contributed by atoms with Gasteiger partial charge in [0.2, 0.25) is 0 Å². The molecule has 2 aromatic carbocycles. The number of aromatic nitrogens is 2. The van der Waals surface area contributed by atoms with Gasteiger partial charge in [0.15, 0.2) is 5.69 Å². The molecule has 1 aromatic heterocycles. The smallest absolute Gasteiger partial charge is 0.276 e. The molecule has 0 unspecified atom stereocenters. The minimum atomic E-state index is -0.372. The summed E-state index contributed by atoms with van der Waals surface area (Å²) in [5, 5.41) is 14.2. The molecule has 2 N–H and O–H groups in total. The van der Waals surface area contributed by atoms with Crippen molar-refractivity contribution in [1.82, 2.24) is 10.2 Å². The van der Waals surface area contributed by atoms with Gasteiger partial charge in [0.25, 0.3) is 5.91 Å². The average Bonchev–Trinajstić information content (AvgIpc) is 2.64. The first kappa shape index (κ1) is 17.8. The number of nitrogens with one attached hydrogen (secondary N) is 2. The first-order chi connectivity index (χ1) is 12.5. The van der Waals surface area contributed by atoms with E-state index in [2.05, 4.69) is 20.8 Å². The van der Waals surface area contributed by atoms with Gasteiger partial charge in [0.1, 0.15) is 11.6 Å². The van der Waals surface area contributed by atoms with Gasteiger partial charge >= 0.3 is 0 Å². The molecule has 0 spiro atoms. The van der Waals surface area contributed by atoms with Crippen LogP contribution in [0.2, 0.25) is 5.02 Å². The van der Waals surface area contributed by atoms with E-state index in [1.54, 1.807) is 48.5 Å². The van der Waals surface area contributed by atoms with Crippen LogP contribution < -0.4 is 10.6 Å². The molecule has 3 rings (SSSR count). The van der Waals surface area contributed by atoms with Crippen LogP contribution in [0, 0.1) is 12.7 Å². The number of halogens is 2. The number of hydrogen-bond acceptors (Lipinski definition) is 4. The predicted octanol–water partition coefficient (Wildman–Crippen LogP) is 4.44. The standard InChI is InChI=1S/C19H16ClFN4O/c1-12-10-14(20)6-7-16(12)23-19(26)17-8-9-18(25-24-17)22-11-13-4-2-3-5-15(13)21/h2-10H,11H2,1H3,(H,22,25)(H,23,26). The summed E-state index contributed by atoms with van der Waals surface area (Å²) in [5.41, 5.74) is 2.20. The lowest BCUT2D eigenvalue weighted by Gasteiger charge is -2.09. The molecule has 1 heterocycles. The number of carbonyl (C=O) groups excluding carboxylic acids is 1. The normalized spacial score (nSPS) is 10.4. The summed E-state index contributed by atoms with van der Waals surface area (Å²) in [7, 11) is 0. The van der Waals surface area contributed by atoms with Gasteiger partial charge < -0.3 is 10.6 Å². The van der Waals surface area contributed by atoms with Crippen molar-refractivity contribution < 1.29 is 9.18 Å². The molecule has 0 aliphatic carbocycles. The number of rotatable bonds is 5. The SMILES string of the molecule is Cc1cc(Cl)ccc1NC(=O)c1ccc(NCc2ccccc2F)nn1. The Kier molecular flexibility index (Phi) is 5.43. The van der Waals surface area contributed by atoms with Crippen LogP contribution in [0.5, 0.6) is 0 Å². The highest BCUT2D eigenvalue weighted by molar-refractivity contribution is 6.30. The molecule has 0 atom stereocenters. The maximum atomic E-state index is 13.6. The average molecular weight is 371 g/mol. The summed E-state index contributed by atoms with van der Waals surface area (Å²) in [4.78, 5) is 12.3. The Morgan fingerprint density at radius 3 is 2.62 bits per heavy atom. The van der Waals surface area contributed by atoms with Crippen LogP contribution in [0.1, 0.15) is 21.6 Å². The second kappa shape index (κ2) is 7.93. The monoisotopic (exact) mass is 370 g/mol. The molecule has 5 nitrogen and oxygen atoms in total. The number of hydrogen-bond donors (Lipinski definition) is 2. The van der Waals surface area contributed by atoms with Crippen molar-refractivity contribution in [3.05, 3.63) is 82.3 Å². The zero-order valence-corrected chi connectivity index (χ0v) is 14.7. The van der Waals surface area contributed by atoms with Crippen LogP contribution in [-0.2, 0) is 6.54 Å². The molecule has 0 saturated heterocycles. The highest BCUT2D eigenvalue weighted by atomic mass is 35.5. The predicted molar refractivity (Wildman–Crippen MR) is 99.9 cm³/mol. The third-order valence-corrected chi connectivity index (χ3v) is 3.99. The fourth-order valence-electron chi connectivity index (χ4n) is 2.33. The maximum absolute atomic E-state index is 13.6. The van der Waals surface area contributed by atoms with Crippen molar-refractivity contribution in [2.75, 3.05) is 10.6 Å². The topological polar surface area (TPSA) is 66.9 Å². The number of carbonyl (C=O) groups is 1. The van der Waals surface area contributed by atoms with E-state index in [0.717, 1.165) is 5.56 Å². The summed E-state index contributed by atoms with van der Waals surface area (Å²) < 4.78 is 13.6. The molecular formula is C19H16ClFN4O. The number of amides is 1. The third-order valence-electron chi connectivity index (χ3n) is 3.75. The summed E-state index contributed by atoms with van der Waals surface area (Å²) in [5.74, 6) is -0.210. The van der Waals surface area contributed by atoms with Gasteiger partial charge in [-0.2, -0.15) is 0 Å². The molecule has 1 amide bonds. The molecule has 0 bridgehead atoms. The van der Waals surface area contributed by atoms with E-state index in [9.17, 15) is 9.18 Å². The largest absolute Gasteiger partial charge is 0.364 e. The lowest BCUT2D eigenvalue weighted by molar-refractivity contribution is 0.102. The Balaban J connectivity index is 1.63. The molecule has 26 heavy (non-hydrogen) atoms. The second-order valence-corrected chi connectivity index (χ2v) is 6.10. The highest BCUT2D eigenvalue weighted by Crippen LogP contribution is 2.20. The fraction of sp³-hybridized carbons (Fsp3) is 0.105. The molecule has 0 fully saturated rings. The minimum Gasteiger partial charge on any atom is -0.364 e. The highest BCUT2D eigenvalue weighted by Gasteiger charge is 2.10. The molecule has 3 aromatic rings. The van der Waals surface area contributed by atoms with E-state index in [4.69, 9.17) is 11.6 Å². The van der Waals surface area contributed by atoms with E-state index in [1.165, 1.54) is 6.07 Å². The Morgan fingerprint density at radius 2 is 1.92 bits per heavy atom. The fourth-order valence-corrected chi connectivity index (χ4v) is 2.56. The van der Waals surface area contributed by atoms with Gasteiger partial charge in [0.05, 0.1) is 0 Å². The number of benzene rings is 2. The van der Waals surface area contributed by atoms with Crippen molar-refractivity contribution in [2.24, 2.45) is 0 Å². The third kappa shape index (κ3) is 4.34. The van der Waals surface area contributed by atoms with Crippen LogP contribution in [-0.4, -0.2) is 16.1 Å². The quantitative estimate of drug-likeness (QED) is 0.696. The van der Waals surface area contributed by atoms with Crippen LogP contribution in [0.25, 0.3) is 0 Å². The molecular weight excluding hydrogens is 355 g/mol. The van der Waals surface area contributed by atoms with Gasteiger partial charge in [-0.25, -0.2) is 4.39 Å². The summed E-state index contributed by atoms with van der Waals surface area (Å²) in [6, 6.07) is 14.8. The van der Waals surface area contributed by atoms with E-state index in [0.29, 0.717) is 22.1 Å². The first-order valence-corrected chi connectivity index (χ1v) is 8.29. The number of nitrogens with zero attached hydrogens (tertiary/aromatic N) is 2. The van der Waals surface area contributed by atoms with Gasteiger partial charge in [0, 0.05) is 22.8 Å². The van der Waals surface area contributed by atoms with Crippen LogP contribution >= 0.6 is 11.6 Å². The van der Waals surface area contributed by atoms with Crippen LogP contribution in [0.3, 0.4) is 0 Å². The van der Waals surface area contributed by atoms with E-state index in [1.807, 2.05) is 6.92 Å². The van der Waals surface area contributed by atoms with E-state index < -0.39 is 0 Å². The molecule has 0 radical (unpaired) electrons. The molecule has 7 heteroatoms. The molecule has 132 valence electrons. The molecule has 0 aliphatic rings. The van der Waals surface area contributed by atoms with Gasteiger partial charge in [-0.05, 0) is 48.9 Å². The van der Waals surface area contributed by atoms with Gasteiger partial charge in [-0.15, -0.1) is 10.2 Å². The summed E-state index contributed by atoms with van der Waals surface area (Å²) in [6.07, 6.45) is 0. The first-order valence-electron chi connectivity index (χ1n) is 7.91. The Labute approximate surface area is 155 Å². The lowest BCUT2D eigenvalue weighted by atomic mass is 10.2. The van der Waals surface area contributed by atoms with Crippen molar-refractivity contribution >= 4 is 29.0 Å². The zero-order valence-electron chi connectivity index (χ0n) is 14.0. The summed E-state index contributed by atoms with van der Waals surface area (Å²) >= 11 is 5.91. The molecule has 0 aliphatic heterocycles. The number of anilines is 2. The van der Waals surface area contributed by atoms with Crippen molar-refractivity contribution in [3.8, 4) is 0 Å². The van der Waals surface area contributed by atoms with E-state index in [-0.39, 0.29) is 24.0 Å². The maximum Gasteiger partial charge on any atom is 0.276 e.